The zero-order valence-corrected chi connectivity index (χ0v) is 10.5. The number of carbonyl (C=O) groups excluding carboxylic acids is 1. The van der Waals surface area contributed by atoms with Crippen LogP contribution in [0.5, 0.6) is 0 Å². The summed E-state index contributed by atoms with van der Waals surface area (Å²) in [4.78, 5) is 17.1. The van der Waals surface area contributed by atoms with Crippen molar-refractivity contribution < 1.29 is 4.79 Å². The van der Waals surface area contributed by atoms with Gasteiger partial charge in [0.15, 0.2) is 5.01 Å². The minimum absolute atomic E-state index is 0.167. The summed E-state index contributed by atoms with van der Waals surface area (Å²) in [7, 11) is 0. The molecule has 0 unspecified atom stereocenters. The van der Waals surface area contributed by atoms with E-state index in [0.717, 1.165) is 4.88 Å². The van der Waals surface area contributed by atoms with E-state index in [0.29, 0.717) is 10.3 Å². The molecule has 15 heavy (non-hydrogen) atoms. The van der Waals surface area contributed by atoms with Crippen molar-refractivity contribution in [1.29, 1.82) is 0 Å². The van der Waals surface area contributed by atoms with Gasteiger partial charge in [-0.1, -0.05) is 31.0 Å². The van der Waals surface area contributed by atoms with Gasteiger partial charge in [-0.05, 0) is 19.8 Å². The Labute approximate surface area is 98.5 Å². The second kappa shape index (κ2) is 5.12. The molecule has 0 spiro atoms. The van der Waals surface area contributed by atoms with Crippen LogP contribution in [0.2, 0.25) is 0 Å². The number of aromatic nitrogens is 1. The molecule has 2 rings (SSSR count). The molecule has 82 valence electrons. The van der Waals surface area contributed by atoms with E-state index in [2.05, 4.69) is 4.98 Å². The molecule has 0 aromatic carbocycles. The van der Waals surface area contributed by atoms with Crippen LogP contribution in [0.4, 0.5) is 0 Å². The Morgan fingerprint density at radius 2 is 2.20 bits per heavy atom. The molecule has 1 aliphatic carbocycles. The van der Waals surface area contributed by atoms with Gasteiger partial charge in [0.2, 0.25) is 5.12 Å². The topological polar surface area (TPSA) is 30.0 Å². The normalized spacial score (nSPS) is 17.9. The molecule has 0 bridgehead atoms. The highest BCUT2D eigenvalue weighted by molar-refractivity contribution is 8.14. The lowest BCUT2D eigenvalue weighted by Gasteiger charge is -2.19. The van der Waals surface area contributed by atoms with E-state index in [9.17, 15) is 4.79 Å². The van der Waals surface area contributed by atoms with Crippen LogP contribution in [0.25, 0.3) is 0 Å². The minimum atomic E-state index is 0.167. The molecule has 0 amide bonds. The molecule has 1 aliphatic rings. The molecule has 0 aliphatic heterocycles. The first kappa shape index (κ1) is 11.1. The number of carbonyl (C=O) groups is 1. The van der Waals surface area contributed by atoms with Crippen LogP contribution in [-0.4, -0.2) is 15.3 Å². The molecular formula is C11H15NOS2. The third kappa shape index (κ3) is 3.05. The highest BCUT2D eigenvalue weighted by Gasteiger charge is 2.20. The molecule has 0 atom stereocenters. The standard InChI is InChI=1S/C11H15NOS2/c1-8-7-12-10(14-8)11(13)15-9-5-3-2-4-6-9/h7,9H,2-6H2,1H3. The quantitative estimate of drug-likeness (QED) is 0.791. The Bertz CT molecular complexity index is 342. The summed E-state index contributed by atoms with van der Waals surface area (Å²) >= 11 is 3.00. The number of hydrogen-bond acceptors (Lipinski definition) is 4. The van der Waals surface area contributed by atoms with Crippen molar-refractivity contribution in [2.75, 3.05) is 0 Å². The van der Waals surface area contributed by atoms with Crippen molar-refractivity contribution in [2.45, 2.75) is 44.3 Å². The van der Waals surface area contributed by atoms with Crippen molar-refractivity contribution in [3.05, 3.63) is 16.1 Å². The summed E-state index contributed by atoms with van der Waals surface area (Å²) in [5.74, 6) is 0. The number of nitrogens with zero attached hydrogens (tertiary/aromatic N) is 1. The molecule has 1 saturated carbocycles. The molecular weight excluding hydrogens is 226 g/mol. The third-order valence-corrected chi connectivity index (χ3v) is 4.87. The van der Waals surface area contributed by atoms with Crippen molar-refractivity contribution in [3.63, 3.8) is 0 Å². The van der Waals surface area contributed by atoms with Crippen LogP contribution < -0.4 is 0 Å². The van der Waals surface area contributed by atoms with Crippen molar-refractivity contribution >= 4 is 28.2 Å². The molecule has 1 aromatic heterocycles. The summed E-state index contributed by atoms with van der Waals surface area (Å²) in [5, 5.41) is 1.37. The average Bonchev–Trinajstić information content (AvgIpc) is 2.66. The maximum Gasteiger partial charge on any atom is 0.248 e. The fourth-order valence-electron chi connectivity index (χ4n) is 1.83. The highest BCUT2D eigenvalue weighted by atomic mass is 32.2. The summed E-state index contributed by atoms with van der Waals surface area (Å²) in [6, 6.07) is 0. The van der Waals surface area contributed by atoms with Crippen molar-refractivity contribution in [1.82, 2.24) is 4.98 Å². The van der Waals surface area contributed by atoms with E-state index < -0.39 is 0 Å². The molecule has 1 fully saturated rings. The van der Waals surface area contributed by atoms with Gasteiger partial charge in [0.05, 0.1) is 0 Å². The van der Waals surface area contributed by atoms with E-state index in [-0.39, 0.29) is 5.12 Å². The van der Waals surface area contributed by atoms with Gasteiger partial charge in [0.1, 0.15) is 0 Å². The first-order valence-electron chi connectivity index (χ1n) is 5.39. The van der Waals surface area contributed by atoms with Crippen LogP contribution in [-0.2, 0) is 0 Å². The lowest BCUT2D eigenvalue weighted by Crippen LogP contribution is -2.11. The van der Waals surface area contributed by atoms with Gasteiger partial charge < -0.3 is 0 Å². The Balaban J connectivity index is 1.91. The Hall–Kier alpha value is -0.350. The van der Waals surface area contributed by atoms with Crippen molar-refractivity contribution in [3.8, 4) is 0 Å². The van der Waals surface area contributed by atoms with E-state index in [4.69, 9.17) is 0 Å². The summed E-state index contributed by atoms with van der Waals surface area (Å²) in [5.41, 5.74) is 0. The van der Waals surface area contributed by atoms with E-state index in [1.54, 1.807) is 6.20 Å². The summed E-state index contributed by atoms with van der Waals surface area (Å²) < 4.78 is 0. The number of rotatable bonds is 2. The predicted octanol–water partition coefficient (Wildman–Crippen LogP) is 3.66. The van der Waals surface area contributed by atoms with Crippen LogP contribution in [0.1, 0.15) is 46.8 Å². The lowest BCUT2D eigenvalue weighted by atomic mass is 10.0. The van der Waals surface area contributed by atoms with E-state index in [1.807, 2.05) is 6.92 Å². The first-order chi connectivity index (χ1) is 7.25. The van der Waals surface area contributed by atoms with Crippen molar-refractivity contribution in [2.24, 2.45) is 0 Å². The second-order valence-corrected chi connectivity index (χ2v) is 6.45. The summed E-state index contributed by atoms with van der Waals surface area (Å²) in [6.45, 7) is 1.99. The molecule has 0 saturated heterocycles. The van der Waals surface area contributed by atoms with Gasteiger partial charge in [-0.3, -0.25) is 4.79 Å². The van der Waals surface area contributed by atoms with Gasteiger partial charge in [-0.25, -0.2) is 4.98 Å². The van der Waals surface area contributed by atoms with Gasteiger partial charge in [0.25, 0.3) is 0 Å². The van der Waals surface area contributed by atoms with Gasteiger partial charge >= 0.3 is 0 Å². The maximum atomic E-state index is 11.8. The lowest BCUT2D eigenvalue weighted by molar-refractivity contribution is 0.108. The van der Waals surface area contributed by atoms with E-state index >= 15 is 0 Å². The van der Waals surface area contributed by atoms with Crippen LogP contribution in [0.3, 0.4) is 0 Å². The number of aryl methyl sites for hydroxylation is 1. The zero-order valence-electron chi connectivity index (χ0n) is 8.86. The Morgan fingerprint density at radius 1 is 1.47 bits per heavy atom. The smallest absolute Gasteiger partial charge is 0.248 e. The number of hydrogen-bond donors (Lipinski definition) is 0. The van der Waals surface area contributed by atoms with Crippen LogP contribution in [0, 0.1) is 6.92 Å². The average molecular weight is 241 g/mol. The number of thiazole rings is 1. The molecule has 4 heteroatoms. The fraction of sp³-hybridized carbons (Fsp3) is 0.636. The molecule has 2 nitrogen and oxygen atoms in total. The zero-order chi connectivity index (χ0) is 10.7. The van der Waals surface area contributed by atoms with Gasteiger partial charge in [-0.15, -0.1) is 11.3 Å². The van der Waals surface area contributed by atoms with Gasteiger partial charge in [0, 0.05) is 16.3 Å². The second-order valence-electron chi connectivity index (χ2n) is 3.94. The first-order valence-corrected chi connectivity index (χ1v) is 7.09. The third-order valence-electron chi connectivity index (χ3n) is 2.62. The highest BCUT2D eigenvalue weighted by Crippen LogP contribution is 2.31. The van der Waals surface area contributed by atoms with Crippen LogP contribution >= 0.6 is 23.1 Å². The fourth-order valence-corrected chi connectivity index (χ4v) is 3.73. The van der Waals surface area contributed by atoms with Crippen LogP contribution in [0.15, 0.2) is 6.20 Å². The molecule has 1 heterocycles. The molecule has 1 aromatic rings. The molecule has 0 N–H and O–H groups in total. The SMILES string of the molecule is Cc1cnc(C(=O)SC2CCCCC2)s1. The largest absolute Gasteiger partial charge is 0.279 e. The van der Waals surface area contributed by atoms with E-state index in [1.165, 1.54) is 55.2 Å². The van der Waals surface area contributed by atoms with Gasteiger partial charge in [-0.2, -0.15) is 0 Å². The predicted molar refractivity (Wildman–Crippen MR) is 65.6 cm³/mol. The Morgan fingerprint density at radius 3 is 2.80 bits per heavy atom. The number of thioether (sulfide) groups is 1. The Kier molecular flexibility index (Phi) is 3.81. The molecule has 0 radical (unpaired) electrons. The maximum absolute atomic E-state index is 11.8. The monoisotopic (exact) mass is 241 g/mol. The summed E-state index contributed by atoms with van der Waals surface area (Å²) in [6.07, 6.45) is 8.06. The minimum Gasteiger partial charge on any atom is -0.279 e.